The number of anilines is 1. The largest absolute Gasteiger partial charge is 0.497 e. The molecule has 0 aliphatic rings. The van der Waals surface area contributed by atoms with E-state index in [1.807, 2.05) is 37.3 Å². The van der Waals surface area contributed by atoms with E-state index < -0.39 is 0 Å². The standard InChI is InChI=1S/C15H16N2O3/c1-11-7-13(9-14(8-11)17(18)19)16-10-12-3-5-15(20-2)6-4-12/h3-9,16H,10H2,1-2H3. The minimum absolute atomic E-state index is 0.0993. The van der Waals surface area contributed by atoms with Crippen LogP contribution in [0.1, 0.15) is 11.1 Å². The number of nitro benzene ring substituents is 1. The molecule has 2 aromatic rings. The Bertz CT molecular complexity index is 609. The van der Waals surface area contributed by atoms with Crippen LogP contribution in [0.4, 0.5) is 11.4 Å². The second kappa shape index (κ2) is 6.06. The average Bonchev–Trinajstić information content (AvgIpc) is 2.45. The number of rotatable bonds is 5. The molecule has 0 aliphatic heterocycles. The third-order valence-electron chi connectivity index (χ3n) is 2.93. The first kappa shape index (κ1) is 13.9. The molecule has 0 unspecified atom stereocenters. The van der Waals surface area contributed by atoms with E-state index in [4.69, 9.17) is 4.74 Å². The van der Waals surface area contributed by atoms with Gasteiger partial charge in [-0.15, -0.1) is 0 Å². The fraction of sp³-hybridized carbons (Fsp3) is 0.200. The molecule has 20 heavy (non-hydrogen) atoms. The summed E-state index contributed by atoms with van der Waals surface area (Å²) < 4.78 is 5.09. The molecule has 5 nitrogen and oxygen atoms in total. The van der Waals surface area contributed by atoms with Crippen molar-refractivity contribution in [3.8, 4) is 5.75 Å². The molecule has 0 spiro atoms. The summed E-state index contributed by atoms with van der Waals surface area (Å²) in [5.41, 5.74) is 2.78. The zero-order chi connectivity index (χ0) is 14.5. The predicted octanol–water partition coefficient (Wildman–Crippen LogP) is 3.52. The lowest BCUT2D eigenvalue weighted by atomic mass is 10.1. The molecule has 0 saturated carbocycles. The van der Waals surface area contributed by atoms with Crippen LogP contribution in [0, 0.1) is 17.0 Å². The van der Waals surface area contributed by atoms with Gasteiger partial charge in [-0.3, -0.25) is 10.1 Å². The van der Waals surface area contributed by atoms with Gasteiger partial charge in [0, 0.05) is 24.4 Å². The van der Waals surface area contributed by atoms with E-state index in [1.165, 1.54) is 6.07 Å². The Hall–Kier alpha value is -2.56. The van der Waals surface area contributed by atoms with Gasteiger partial charge in [-0.1, -0.05) is 12.1 Å². The van der Waals surface area contributed by atoms with Crippen LogP contribution >= 0.6 is 0 Å². The lowest BCUT2D eigenvalue weighted by molar-refractivity contribution is -0.384. The van der Waals surface area contributed by atoms with E-state index >= 15 is 0 Å². The van der Waals surface area contributed by atoms with E-state index in [2.05, 4.69) is 5.32 Å². The highest BCUT2D eigenvalue weighted by atomic mass is 16.6. The van der Waals surface area contributed by atoms with E-state index in [1.54, 1.807) is 13.2 Å². The van der Waals surface area contributed by atoms with Crippen LogP contribution in [0.3, 0.4) is 0 Å². The zero-order valence-electron chi connectivity index (χ0n) is 11.4. The maximum absolute atomic E-state index is 10.8. The molecule has 0 bridgehead atoms. The summed E-state index contributed by atoms with van der Waals surface area (Å²) in [4.78, 5) is 10.4. The molecule has 5 heteroatoms. The maximum atomic E-state index is 10.8. The summed E-state index contributed by atoms with van der Waals surface area (Å²) >= 11 is 0. The highest BCUT2D eigenvalue weighted by Gasteiger charge is 2.07. The fourth-order valence-corrected chi connectivity index (χ4v) is 1.92. The van der Waals surface area contributed by atoms with Crippen molar-refractivity contribution in [2.45, 2.75) is 13.5 Å². The summed E-state index contributed by atoms with van der Waals surface area (Å²) in [6, 6.07) is 12.7. The van der Waals surface area contributed by atoms with Gasteiger partial charge >= 0.3 is 0 Å². The molecule has 0 aliphatic carbocycles. The number of non-ortho nitro benzene ring substituents is 1. The van der Waals surface area contributed by atoms with E-state index in [0.717, 1.165) is 22.6 Å². The second-order valence-electron chi connectivity index (χ2n) is 4.52. The topological polar surface area (TPSA) is 64.4 Å². The Morgan fingerprint density at radius 3 is 2.50 bits per heavy atom. The molecule has 0 fully saturated rings. The molecule has 0 amide bonds. The molecule has 0 atom stereocenters. The molecule has 1 N–H and O–H groups in total. The number of nitrogens with zero attached hydrogens (tertiary/aromatic N) is 1. The number of hydrogen-bond acceptors (Lipinski definition) is 4. The summed E-state index contributed by atoms with van der Waals surface area (Å²) in [5.74, 6) is 0.806. The van der Waals surface area contributed by atoms with Gasteiger partial charge in [0.15, 0.2) is 0 Å². The van der Waals surface area contributed by atoms with Crippen LogP contribution in [0.25, 0.3) is 0 Å². The second-order valence-corrected chi connectivity index (χ2v) is 4.52. The average molecular weight is 272 g/mol. The number of benzene rings is 2. The third-order valence-corrected chi connectivity index (χ3v) is 2.93. The summed E-state index contributed by atoms with van der Waals surface area (Å²) in [7, 11) is 1.62. The van der Waals surface area contributed by atoms with Crippen molar-refractivity contribution in [3.05, 3.63) is 63.7 Å². The molecule has 2 aromatic carbocycles. The first-order chi connectivity index (χ1) is 9.58. The Kier molecular flexibility index (Phi) is 4.20. The molecule has 0 heterocycles. The number of aryl methyl sites for hydroxylation is 1. The van der Waals surface area contributed by atoms with Crippen LogP contribution in [-0.4, -0.2) is 12.0 Å². The van der Waals surface area contributed by atoms with Crippen molar-refractivity contribution < 1.29 is 9.66 Å². The molecule has 0 aromatic heterocycles. The third kappa shape index (κ3) is 3.47. The first-order valence-electron chi connectivity index (χ1n) is 6.21. The number of methoxy groups -OCH3 is 1. The SMILES string of the molecule is COc1ccc(CNc2cc(C)cc([N+](=O)[O-])c2)cc1. The normalized spacial score (nSPS) is 10.1. The van der Waals surface area contributed by atoms with Gasteiger partial charge in [0.1, 0.15) is 5.75 Å². The van der Waals surface area contributed by atoms with E-state index in [-0.39, 0.29) is 10.6 Å². The zero-order valence-corrected chi connectivity index (χ0v) is 11.4. The van der Waals surface area contributed by atoms with E-state index in [9.17, 15) is 10.1 Å². The molecule has 2 rings (SSSR count). The molecule has 0 saturated heterocycles. The Morgan fingerprint density at radius 2 is 1.90 bits per heavy atom. The summed E-state index contributed by atoms with van der Waals surface area (Å²) in [6.07, 6.45) is 0. The minimum Gasteiger partial charge on any atom is -0.497 e. The first-order valence-corrected chi connectivity index (χ1v) is 6.21. The Morgan fingerprint density at radius 1 is 1.20 bits per heavy atom. The lowest BCUT2D eigenvalue weighted by Crippen LogP contribution is -2.00. The van der Waals surface area contributed by atoms with Gasteiger partial charge in [0.2, 0.25) is 0 Å². The molecule has 0 radical (unpaired) electrons. The van der Waals surface area contributed by atoms with Crippen LogP contribution in [0.5, 0.6) is 5.75 Å². The number of hydrogen-bond donors (Lipinski definition) is 1. The molecular weight excluding hydrogens is 256 g/mol. The van der Waals surface area contributed by atoms with Crippen LogP contribution in [-0.2, 0) is 6.54 Å². The number of nitro groups is 1. The molecular formula is C15H16N2O3. The van der Waals surface area contributed by atoms with Crippen molar-refractivity contribution >= 4 is 11.4 Å². The van der Waals surface area contributed by atoms with Crippen LogP contribution < -0.4 is 10.1 Å². The van der Waals surface area contributed by atoms with Gasteiger partial charge in [0.25, 0.3) is 5.69 Å². The van der Waals surface area contributed by atoms with Crippen molar-refractivity contribution in [2.24, 2.45) is 0 Å². The van der Waals surface area contributed by atoms with Crippen molar-refractivity contribution in [1.29, 1.82) is 0 Å². The smallest absolute Gasteiger partial charge is 0.271 e. The maximum Gasteiger partial charge on any atom is 0.271 e. The quantitative estimate of drug-likeness (QED) is 0.668. The summed E-state index contributed by atoms with van der Waals surface area (Å²) in [6.45, 7) is 2.44. The fourth-order valence-electron chi connectivity index (χ4n) is 1.92. The van der Waals surface area contributed by atoms with Crippen molar-refractivity contribution in [3.63, 3.8) is 0 Å². The Balaban J connectivity index is 2.08. The van der Waals surface area contributed by atoms with E-state index in [0.29, 0.717) is 6.54 Å². The lowest BCUT2D eigenvalue weighted by Gasteiger charge is -2.08. The highest BCUT2D eigenvalue weighted by molar-refractivity contribution is 5.54. The number of nitrogens with one attached hydrogen (secondary N) is 1. The van der Waals surface area contributed by atoms with Crippen LogP contribution in [0.2, 0.25) is 0 Å². The van der Waals surface area contributed by atoms with Gasteiger partial charge < -0.3 is 10.1 Å². The van der Waals surface area contributed by atoms with Crippen molar-refractivity contribution in [2.75, 3.05) is 12.4 Å². The molecule has 104 valence electrons. The monoisotopic (exact) mass is 272 g/mol. The van der Waals surface area contributed by atoms with Crippen LogP contribution in [0.15, 0.2) is 42.5 Å². The van der Waals surface area contributed by atoms with Gasteiger partial charge in [-0.05, 0) is 36.2 Å². The number of ether oxygens (including phenoxy) is 1. The minimum atomic E-state index is -0.383. The Labute approximate surface area is 117 Å². The van der Waals surface area contributed by atoms with Crippen molar-refractivity contribution in [1.82, 2.24) is 0 Å². The predicted molar refractivity (Wildman–Crippen MR) is 78.2 cm³/mol. The highest BCUT2D eigenvalue weighted by Crippen LogP contribution is 2.21. The van der Waals surface area contributed by atoms with Gasteiger partial charge in [-0.2, -0.15) is 0 Å². The summed E-state index contributed by atoms with van der Waals surface area (Å²) in [5, 5.41) is 14.0. The van der Waals surface area contributed by atoms with Gasteiger partial charge in [0.05, 0.1) is 12.0 Å². The van der Waals surface area contributed by atoms with Gasteiger partial charge in [-0.25, -0.2) is 0 Å².